The van der Waals surface area contributed by atoms with Crippen molar-refractivity contribution in [3.8, 4) is 5.75 Å². The van der Waals surface area contributed by atoms with E-state index in [4.69, 9.17) is 4.74 Å². The van der Waals surface area contributed by atoms with Crippen molar-refractivity contribution in [3.05, 3.63) is 90.1 Å². The number of pyridine rings is 1. The summed E-state index contributed by atoms with van der Waals surface area (Å²) in [6.45, 7) is 4.22. The van der Waals surface area contributed by atoms with E-state index in [1.54, 1.807) is 7.11 Å². The number of nitrogens with zero attached hydrogens (tertiary/aromatic N) is 1. The van der Waals surface area contributed by atoms with Crippen molar-refractivity contribution in [2.24, 2.45) is 0 Å². The molecule has 1 aliphatic heterocycles. The predicted octanol–water partition coefficient (Wildman–Crippen LogP) is 1.12. The first-order chi connectivity index (χ1) is 15.2. The fourth-order valence-corrected chi connectivity index (χ4v) is 4.06. The van der Waals surface area contributed by atoms with Crippen LogP contribution in [0.15, 0.2) is 79.0 Å². The van der Waals surface area contributed by atoms with Gasteiger partial charge in [-0.15, -0.1) is 0 Å². The Kier molecular flexibility index (Phi) is 6.79. The molecule has 3 N–H and O–H groups in total. The molecule has 2 heterocycles. The maximum atomic E-state index is 13.0. The molecule has 1 fully saturated rings. The molecule has 6 nitrogen and oxygen atoms in total. The molecule has 0 saturated carbocycles. The lowest BCUT2D eigenvalue weighted by Crippen LogP contribution is -3.16. The maximum Gasteiger partial charge on any atom is 0.275 e. The van der Waals surface area contributed by atoms with Gasteiger partial charge in [0.2, 0.25) is 0 Å². The van der Waals surface area contributed by atoms with Crippen molar-refractivity contribution < 1.29 is 19.4 Å². The molecule has 160 valence electrons. The first kappa shape index (κ1) is 20.9. The van der Waals surface area contributed by atoms with Crippen LogP contribution in [0.5, 0.6) is 5.75 Å². The molecule has 31 heavy (non-hydrogen) atoms. The largest absolute Gasteiger partial charge is 0.497 e. The minimum Gasteiger partial charge on any atom is -0.497 e. The molecule has 1 atom stereocenters. The van der Waals surface area contributed by atoms with E-state index in [2.05, 4.69) is 33.4 Å². The molecule has 1 amide bonds. The summed E-state index contributed by atoms with van der Waals surface area (Å²) in [5.74, 6) is 2.01. The fourth-order valence-electron chi connectivity index (χ4n) is 4.06. The Bertz CT molecular complexity index is 956. The number of aromatic amines is 1. The number of H-pyrrole nitrogens is 1. The summed E-state index contributed by atoms with van der Waals surface area (Å²) in [5.41, 5.74) is 2.11. The van der Waals surface area contributed by atoms with Gasteiger partial charge < -0.3 is 15.0 Å². The zero-order chi connectivity index (χ0) is 21.5. The second-order valence-electron chi connectivity index (χ2n) is 7.85. The molecular weight excluding hydrogens is 388 g/mol. The first-order valence-corrected chi connectivity index (χ1v) is 10.8. The number of aromatic nitrogens is 1. The van der Waals surface area contributed by atoms with Crippen LogP contribution in [0, 0.1) is 0 Å². The van der Waals surface area contributed by atoms with Crippen molar-refractivity contribution in [1.29, 1.82) is 0 Å². The van der Waals surface area contributed by atoms with Gasteiger partial charge in [-0.05, 0) is 29.3 Å². The lowest BCUT2D eigenvalue weighted by atomic mass is 9.98. The first-order valence-electron chi connectivity index (χ1n) is 10.8. The van der Waals surface area contributed by atoms with Crippen molar-refractivity contribution >= 4 is 11.7 Å². The number of benzene rings is 2. The van der Waals surface area contributed by atoms with Crippen LogP contribution in [0.2, 0.25) is 0 Å². The second kappa shape index (κ2) is 10.1. The highest BCUT2D eigenvalue weighted by molar-refractivity contribution is 5.78. The molecule has 0 spiro atoms. The molecule has 1 aromatic heterocycles. The fraction of sp³-hybridized carbons (Fsp3) is 0.280. The van der Waals surface area contributed by atoms with Gasteiger partial charge in [0.15, 0.2) is 6.54 Å². The normalized spacial score (nSPS) is 15.3. The Morgan fingerprint density at radius 3 is 2.32 bits per heavy atom. The summed E-state index contributed by atoms with van der Waals surface area (Å²) in [6.07, 6.45) is 1.95. The summed E-state index contributed by atoms with van der Waals surface area (Å²) in [4.78, 5) is 19.9. The smallest absolute Gasteiger partial charge is 0.275 e. The van der Waals surface area contributed by atoms with Crippen LogP contribution < -0.4 is 24.8 Å². The summed E-state index contributed by atoms with van der Waals surface area (Å²) in [6, 6.07) is 23.9. The van der Waals surface area contributed by atoms with Crippen LogP contribution in [0.4, 0.5) is 5.82 Å². The Balaban J connectivity index is 1.39. The van der Waals surface area contributed by atoms with Gasteiger partial charge in [-0.25, -0.2) is 4.98 Å². The van der Waals surface area contributed by atoms with Gasteiger partial charge in [-0.1, -0.05) is 48.5 Å². The van der Waals surface area contributed by atoms with Crippen molar-refractivity contribution in [2.75, 3.05) is 44.7 Å². The number of ether oxygens (including phenoxy) is 1. The number of amides is 1. The molecule has 0 unspecified atom stereocenters. The maximum absolute atomic E-state index is 13.0. The standard InChI is InChI=1S/C25H28N4O2/c1-31-22-12-10-21(11-13-22)25(20-7-3-2-4-8-20)27-24(30)19-28-15-17-29(18-16-28)23-9-5-6-14-26-23/h2-14,25H,15-19H2,1H3,(H,27,30)/p+2/t25-/m1/s1. The second-order valence-corrected chi connectivity index (χ2v) is 7.85. The average Bonchev–Trinajstić information content (AvgIpc) is 2.84. The van der Waals surface area contributed by atoms with Gasteiger partial charge in [0.25, 0.3) is 11.7 Å². The van der Waals surface area contributed by atoms with Crippen molar-refractivity contribution in [2.45, 2.75) is 6.04 Å². The topological polar surface area (TPSA) is 60.1 Å². The van der Waals surface area contributed by atoms with Gasteiger partial charge in [0, 0.05) is 6.07 Å². The molecule has 0 bridgehead atoms. The number of piperazine rings is 1. The molecule has 0 aliphatic carbocycles. The van der Waals surface area contributed by atoms with Crippen LogP contribution in [0.25, 0.3) is 0 Å². The number of rotatable bonds is 7. The van der Waals surface area contributed by atoms with E-state index in [0.29, 0.717) is 6.54 Å². The Morgan fingerprint density at radius 1 is 1.00 bits per heavy atom. The molecular formula is C25H30N4O2+2. The quantitative estimate of drug-likeness (QED) is 0.605. The summed E-state index contributed by atoms with van der Waals surface area (Å²) >= 11 is 0. The minimum atomic E-state index is -0.181. The zero-order valence-corrected chi connectivity index (χ0v) is 17.9. The van der Waals surface area contributed by atoms with Crippen LogP contribution in [0.1, 0.15) is 17.2 Å². The Labute approximate surface area is 183 Å². The number of nitrogens with one attached hydrogen (secondary N) is 3. The number of anilines is 1. The number of hydrogen-bond acceptors (Lipinski definition) is 3. The molecule has 3 aromatic rings. The number of carbonyl (C=O) groups excluding carboxylic acids is 1. The third-order valence-corrected chi connectivity index (χ3v) is 5.80. The third-order valence-electron chi connectivity index (χ3n) is 5.80. The van der Waals surface area contributed by atoms with Crippen LogP contribution in [-0.2, 0) is 4.79 Å². The van der Waals surface area contributed by atoms with Gasteiger partial charge in [0.1, 0.15) is 31.9 Å². The molecule has 1 aliphatic rings. The third kappa shape index (κ3) is 5.41. The number of methoxy groups -OCH3 is 1. The van der Waals surface area contributed by atoms with E-state index < -0.39 is 0 Å². The lowest BCUT2D eigenvalue weighted by Gasteiger charge is -2.28. The number of carbonyl (C=O) groups is 1. The van der Waals surface area contributed by atoms with E-state index >= 15 is 0 Å². The van der Waals surface area contributed by atoms with Gasteiger partial charge >= 0.3 is 0 Å². The van der Waals surface area contributed by atoms with E-state index in [9.17, 15) is 4.79 Å². The SMILES string of the molecule is COc1ccc([C@H](NC(=O)C[NH+]2CCN(c3cccc[nH+]3)CC2)c2ccccc2)cc1. The van der Waals surface area contributed by atoms with Crippen LogP contribution in [0.3, 0.4) is 0 Å². The minimum absolute atomic E-state index is 0.0689. The molecule has 0 radical (unpaired) electrons. The summed E-state index contributed by atoms with van der Waals surface area (Å²) in [7, 11) is 1.66. The molecule has 6 heteroatoms. The van der Waals surface area contributed by atoms with Crippen LogP contribution in [-0.4, -0.2) is 45.7 Å². The van der Waals surface area contributed by atoms with Crippen molar-refractivity contribution in [1.82, 2.24) is 5.32 Å². The van der Waals surface area contributed by atoms with Crippen molar-refractivity contribution in [3.63, 3.8) is 0 Å². The van der Waals surface area contributed by atoms with E-state index in [0.717, 1.165) is 48.9 Å². The Hall–Kier alpha value is -3.38. The number of hydrogen-bond donors (Lipinski definition) is 2. The lowest BCUT2D eigenvalue weighted by molar-refractivity contribution is -0.892. The zero-order valence-electron chi connectivity index (χ0n) is 17.9. The van der Waals surface area contributed by atoms with Gasteiger partial charge in [0.05, 0.1) is 19.3 Å². The van der Waals surface area contributed by atoms with E-state index in [-0.39, 0.29) is 11.9 Å². The molecule has 1 saturated heterocycles. The van der Waals surface area contributed by atoms with E-state index in [1.165, 1.54) is 4.90 Å². The van der Waals surface area contributed by atoms with Gasteiger partial charge in [-0.3, -0.25) is 9.69 Å². The van der Waals surface area contributed by atoms with Crippen LogP contribution >= 0.6 is 0 Å². The summed E-state index contributed by atoms with van der Waals surface area (Å²) < 4.78 is 5.28. The highest BCUT2D eigenvalue weighted by Gasteiger charge is 2.28. The highest BCUT2D eigenvalue weighted by Crippen LogP contribution is 2.24. The Morgan fingerprint density at radius 2 is 1.68 bits per heavy atom. The molecule has 2 aromatic carbocycles. The summed E-state index contributed by atoms with van der Waals surface area (Å²) in [5, 5.41) is 3.26. The van der Waals surface area contributed by atoms with E-state index in [1.807, 2.05) is 60.8 Å². The monoisotopic (exact) mass is 418 g/mol. The van der Waals surface area contributed by atoms with Gasteiger partial charge in [-0.2, -0.15) is 0 Å². The predicted molar refractivity (Wildman–Crippen MR) is 120 cm³/mol. The molecule has 4 rings (SSSR count). The highest BCUT2D eigenvalue weighted by atomic mass is 16.5. The average molecular weight is 419 g/mol. The number of quaternary nitrogens is 1.